The Kier molecular flexibility index (Phi) is 6.81. The molecule has 0 saturated carbocycles. The highest BCUT2D eigenvalue weighted by atomic mass is 127. The Bertz CT molecular complexity index is 1010. The zero-order valence-electron chi connectivity index (χ0n) is 17.0. The maximum absolute atomic E-state index is 13.5. The summed E-state index contributed by atoms with van der Waals surface area (Å²) in [5, 5.41) is 8.49. The van der Waals surface area contributed by atoms with Gasteiger partial charge in [-0.3, -0.25) is 4.68 Å². The predicted molar refractivity (Wildman–Crippen MR) is 123 cm³/mol. The third-order valence-electron chi connectivity index (χ3n) is 5.39. The van der Waals surface area contributed by atoms with Gasteiger partial charge in [-0.2, -0.15) is 5.10 Å². The van der Waals surface area contributed by atoms with Crippen LogP contribution in [0.4, 0.5) is 4.39 Å². The van der Waals surface area contributed by atoms with Gasteiger partial charge in [-0.1, -0.05) is 0 Å². The van der Waals surface area contributed by atoms with E-state index in [9.17, 15) is 4.39 Å². The minimum absolute atomic E-state index is 0. The molecule has 0 bridgehead atoms. The van der Waals surface area contributed by atoms with Crippen molar-refractivity contribution in [1.82, 2.24) is 20.0 Å². The van der Waals surface area contributed by atoms with Crippen molar-refractivity contribution in [2.75, 3.05) is 19.6 Å². The van der Waals surface area contributed by atoms with Crippen LogP contribution in [0.5, 0.6) is 0 Å². The standard InChI is InChI=1S/C21H26FN5O.HI/c1-4-23-21(27-8-7-15(13-27)16-10-25-26(3)12-16)24-11-20-14(2)18-9-17(22)5-6-19(18)28-20;/h5-6,9-10,12,15H,4,7-8,11,13H2,1-3H3,(H,23,24);1H. The second-order valence-corrected chi connectivity index (χ2v) is 7.34. The van der Waals surface area contributed by atoms with Crippen molar-refractivity contribution in [3.8, 4) is 0 Å². The monoisotopic (exact) mass is 511 g/mol. The van der Waals surface area contributed by atoms with Crippen LogP contribution in [0.2, 0.25) is 0 Å². The maximum atomic E-state index is 13.5. The van der Waals surface area contributed by atoms with Gasteiger partial charge in [-0.15, -0.1) is 24.0 Å². The molecular weight excluding hydrogens is 484 g/mol. The molecule has 1 aromatic carbocycles. The normalized spacial score (nSPS) is 17.0. The fourth-order valence-corrected chi connectivity index (χ4v) is 3.84. The molecule has 0 aliphatic carbocycles. The Balaban J connectivity index is 0.00000240. The Morgan fingerprint density at radius 2 is 2.24 bits per heavy atom. The molecule has 1 atom stereocenters. The van der Waals surface area contributed by atoms with E-state index in [1.54, 1.807) is 6.07 Å². The second-order valence-electron chi connectivity index (χ2n) is 7.34. The molecule has 8 heteroatoms. The molecule has 0 amide bonds. The minimum Gasteiger partial charge on any atom is -0.459 e. The number of aliphatic imine (C=N–C) groups is 1. The fourth-order valence-electron chi connectivity index (χ4n) is 3.84. The average Bonchev–Trinajstić information content (AvgIpc) is 3.39. The number of likely N-dealkylation sites (tertiary alicyclic amines) is 1. The first-order chi connectivity index (χ1) is 13.5. The van der Waals surface area contributed by atoms with Gasteiger partial charge in [0.1, 0.15) is 23.7 Å². The van der Waals surface area contributed by atoms with Crippen molar-refractivity contribution in [1.29, 1.82) is 0 Å². The van der Waals surface area contributed by atoms with Crippen molar-refractivity contribution < 1.29 is 8.81 Å². The minimum atomic E-state index is -0.252. The molecular formula is C21H27FIN5O. The molecule has 1 fully saturated rings. The van der Waals surface area contributed by atoms with Gasteiger partial charge in [-0.05, 0) is 44.0 Å². The SMILES string of the molecule is CCNC(=NCc1oc2ccc(F)cc2c1C)N1CCC(c2cnn(C)c2)C1.I. The number of hydrogen-bond acceptors (Lipinski definition) is 3. The highest BCUT2D eigenvalue weighted by molar-refractivity contribution is 14.0. The summed E-state index contributed by atoms with van der Waals surface area (Å²) in [5.74, 6) is 1.88. The van der Waals surface area contributed by atoms with Gasteiger partial charge >= 0.3 is 0 Å². The summed E-state index contributed by atoms with van der Waals surface area (Å²) in [6.45, 7) is 7.13. The van der Waals surface area contributed by atoms with E-state index in [4.69, 9.17) is 9.41 Å². The molecule has 6 nitrogen and oxygen atoms in total. The lowest BCUT2D eigenvalue weighted by Crippen LogP contribution is -2.40. The van der Waals surface area contributed by atoms with E-state index >= 15 is 0 Å². The van der Waals surface area contributed by atoms with Crippen LogP contribution in [0.15, 0.2) is 40.0 Å². The quantitative estimate of drug-likeness (QED) is 0.325. The van der Waals surface area contributed by atoms with Gasteiger partial charge in [0.15, 0.2) is 5.96 Å². The summed E-state index contributed by atoms with van der Waals surface area (Å²) in [5.41, 5.74) is 2.92. The molecule has 29 heavy (non-hydrogen) atoms. The number of furan rings is 1. The molecule has 156 valence electrons. The number of fused-ring (bicyclic) bond motifs is 1. The number of aryl methyl sites for hydroxylation is 2. The number of nitrogens with one attached hydrogen (secondary N) is 1. The topological polar surface area (TPSA) is 58.6 Å². The number of aromatic nitrogens is 2. The Hall–Kier alpha value is -2.10. The molecule has 0 spiro atoms. The van der Waals surface area contributed by atoms with Crippen LogP contribution in [0.3, 0.4) is 0 Å². The molecule has 1 aliphatic rings. The number of nitrogens with zero attached hydrogens (tertiary/aromatic N) is 4. The molecule has 1 saturated heterocycles. The maximum Gasteiger partial charge on any atom is 0.194 e. The van der Waals surface area contributed by atoms with Crippen LogP contribution in [-0.2, 0) is 13.6 Å². The summed E-state index contributed by atoms with van der Waals surface area (Å²) >= 11 is 0. The van der Waals surface area contributed by atoms with Crippen molar-refractivity contribution in [3.63, 3.8) is 0 Å². The Labute approximate surface area is 187 Å². The first-order valence-corrected chi connectivity index (χ1v) is 9.74. The molecule has 1 unspecified atom stereocenters. The highest BCUT2D eigenvalue weighted by Gasteiger charge is 2.27. The fraction of sp³-hybridized carbons (Fsp3) is 0.429. The summed E-state index contributed by atoms with van der Waals surface area (Å²) < 4.78 is 21.3. The van der Waals surface area contributed by atoms with Crippen LogP contribution >= 0.6 is 24.0 Å². The van der Waals surface area contributed by atoms with Crippen LogP contribution in [0.1, 0.15) is 36.1 Å². The van der Waals surface area contributed by atoms with Crippen LogP contribution in [0.25, 0.3) is 11.0 Å². The molecule has 1 N–H and O–H groups in total. The van der Waals surface area contributed by atoms with Gasteiger partial charge < -0.3 is 14.6 Å². The van der Waals surface area contributed by atoms with Crippen molar-refractivity contribution in [2.24, 2.45) is 12.0 Å². The number of guanidine groups is 1. The zero-order valence-corrected chi connectivity index (χ0v) is 19.3. The van der Waals surface area contributed by atoms with E-state index in [2.05, 4.69) is 28.4 Å². The molecule has 1 aliphatic heterocycles. The van der Waals surface area contributed by atoms with E-state index in [1.165, 1.54) is 17.7 Å². The van der Waals surface area contributed by atoms with E-state index in [1.807, 2.05) is 24.9 Å². The summed E-state index contributed by atoms with van der Waals surface area (Å²) in [6.07, 6.45) is 5.13. The number of halogens is 2. The number of hydrogen-bond donors (Lipinski definition) is 1. The Morgan fingerprint density at radius 1 is 1.41 bits per heavy atom. The predicted octanol–water partition coefficient (Wildman–Crippen LogP) is 4.19. The third-order valence-corrected chi connectivity index (χ3v) is 5.39. The first kappa shape index (κ1) is 21.6. The average molecular weight is 511 g/mol. The summed E-state index contributed by atoms with van der Waals surface area (Å²) in [7, 11) is 1.95. The Morgan fingerprint density at radius 3 is 2.97 bits per heavy atom. The summed E-state index contributed by atoms with van der Waals surface area (Å²) in [4.78, 5) is 7.09. The van der Waals surface area contributed by atoms with Crippen molar-refractivity contribution >= 4 is 40.9 Å². The van der Waals surface area contributed by atoms with E-state index in [0.29, 0.717) is 18.0 Å². The first-order valence-electron chi connectivity index (χ1n) is 9.74. The van der Waals surface area contributed by atoms with Gasteiger partial charge in [0.05, 0.1) is 6.20 Å². The second kappa shape index (κ2) is 9.15. The lowest BCUT2D eigenvalue weighted by atomic mass is 10.0. The molecule has 4 rings (SSSR count). The van der Waals surface area contributed by atoms with Gasteiger partial charge in [0.2, 0.25) is 0 Å². The lowest BCUT2D eigenvalue weighted by Gasteiger charge is -2.21. The van der Waals surface area contributed by atoms with Gasteiger partial charge in [0, 0.05) is 49.7 Å². The largest absolute Gasteiger partial charge is 0.459 e. The zero-order chi connectivity index (χ0) is 19.7. The van der Waals surface area contributed by atoms with Crippen LogP contribution < -0.4 is 5.32 Å². The van der Waals surface area contributed by atoms with Crippen LogP contribution in [-0.4, -0.2) is 40.3 Å². The number of benzene rings is 1. The molecule has 3 aromatic rings. The van der Waals surface area contributed by atoms with E-state index in [-0.39, 0.29) is 29.8 Å². The van der Waals surface area contributed by atoms with E-state index in [0.717, 1.165) is 48.7 Å². The molecule has 2 aromatic heterocycles. The van der Waals surface area contributed by atoms with Crippen LogP contribution in [0, 0.1) is 12.7 Å². The molecule has 0 radical (unpaired) electrons. The molecule has 3 heterocycles. The van der Waals surface area contributed by atoms with Crippen molar-refractivity contribution in [3.05, 3.63) is 53.3 Å². The van der Waals surface area contributed by atoms with Crippen molar-refractivity contribution in [2.45, 2.75) is 32.7 Å². The highest BCUT2D eigenvalue weighted by Crippen LogP contribution is 2.28. The van der Waals surface area contributed by atoms with Gasteiger partial charge in [0.25, 0.3) is 0 Å². The van der Waals surface area contributed by atoms with Gasteiger partial charge in [-0.25, -0.2) is 9.38 Å². The van der Waals surface area contributed by atoms with E-state index < -0.39 is 0 Å². The lowest BCUT2D eigenvalue weighted by molar-refractivity contribution is 0.481. The number of rotatable bonds is 4. The smallest absolute Gasteiger partial charge is 0.194 e. The summed E-state index contributed by atoms with van der Waals surface area (Å²) in [6, 6.07) is 4.62. The third kappa shape index (κ3) is 4.57.